The molecule has 2 amide bonds. The predicted octanol–water partition coefficient (Wildman–Crippen LogP) is 2.98. The van der Waals surface area contributed by atoms with Crippen molar-refractivity contribution in [2.75, 3.05) is 38.5 Å². The fourth-order valence-corrected chi connectivity index (χ4v) is 3.33. The summed E-state index contributed by atoms with van der Waals surface area (Å²) in [7, 11) is 1.86. The highest BCUT2D eigenvalue weighted by atomic mass is 19.1. The molecule has 1 saturated heterocycles. The summed E-state index contributed by atoms with van der Waals surface area (Å²) >= 11 is 0. The van der Waals surface area contributed by atoms with Gasteiger partial charge in [-0.3, -0.25) is 14.5 Å². The molecule has 1 aromatic carbocycles. The van der Waals surface area contributed by atoms with Gasteiger partial charge in [-0.15, -0.1) is 0 Å². The van der Waals surface area contributed by atoms with E-state index in [-0.39, 0.29) is 29.5 Å². The predicted molar refractivity (Wildman–Crippen MR) is 101 cm³/mol. The van der Waals surface area contributed by atoms with Gasteiger partial charge < -0.3 is 10.2 Å². The summed E-state index contributed by atoms with van der Waals surface area (Å²) in [6, 6.07) is 6.18. The first kappa shape index (κ1) is 20.4. The van der Waals surface area contributed by atoms with Crippen LogP contribution in [0.3, 0.4) is 0 Å². The number of hydrogen-bond donors (Lipinski definition) is 1. The highest BCUT2D eigenvalue weighted by Crippen LogP contribution is 2.22. The van der Waals surface area contributed by atoms with Gasteiger partial charge in [0.2, 0.25) is 11.8 Å². The first-order chi connectivity index (χ1) is 12.2. The number of nitrogens with zero attached hydrogens (tertiary/aromatic N) is 2. The summed E-state index contributed by atoms with van der Waals surface area (Å²) in [6.07, 6.45) is 1.91. The minimum absolute atomic E-state index is 0.157. The Balaban J connectivity index is 1.75. The molecule has 0 saturated carbocycles. The Labute approximate surface area is 155 Å². The monoisotopic (exact) mass is 363 g/mol. The maximum Gasteiger partial charge on any atom is 0.238 e. The number of carbonyl (C=O) groups excluding carboxylic acids is 2. The van der Waals surface area contributed by atoms with Crippen LogP contribution in [0.4, 0.5) is 10.1 Å². The Kier molecular flexibility index (Phi) is 6.75. The van der Waals surface area contributed by atoms with Crippen LogP contribution in [0.15, 0.2) is 24.3 Å². The normalized spacial score (nSPS) is 16.3. The molecule has 26 heavy (non-hydrogen) atoms. The second-order valence-electron chi connectivity index (χ2n) is 8.18. The molecule has 0 bridgehead atoms. The van der Waals surface area contributed by atoms with Gasteiger partial charge in [0.05, 0.1) is 12.2 Å². The number of anilines is 1. The molecule has 1 aromatic rings. The largest absolute Gasteiger partial charge is 0.345 e. The van der Waals surface area contributed by atoms with Crippen LogP contribution >= 0.6 is 0 Å². The summed E-state index contributed by atoms with van der Waals surface area (Å²) in [5, 5.41) is 2.62. The highest BCUT2D eigenvalue weighted by molar-refractivity contribution is 5.92. The second-order valence-corrected chi connectivity index (χ2v) is 8.18. The molecule has 0 aliphatic carbocycles. The van der Waals surface area contributed by atoms with E-state index >= 15 is 0 Å². The Hall–Kier alpha value is -1.95. The topological polar surface area (TPSA) is 52.6 Å². The number of likely N-dealkylation sites (tertiary alicyclic amines) is 1. The molecule has 1 heterocycles. The number of hydrogen-bond acceptors (Lipinski definition) is 3. The van der Waals surface area contributed by atoms with Crippen molar-refractivity contribution < 1.29 is 14.0 Å². The zero-order valence-corrected chi connectivity index (χ0v) is 16.2. The van der Waals surface area contributed by atoms with E-state index in [4.69, 9.17) is 0 Å². The van der Waals surface area contributed by atoms with Crippen molar-refractivity contribution in [3.63, 3.8) is 0 Å². The zero-order valence-electron chi connectivity index (χ0n) is 16.2. The van der Waals surface area contributed by atoms with E-state index in [1.807, 2.05) is 32.7 Å². The molecule has 1 aliphatic rings. The molecule has 144 valence electrons. The lowest BCUT2D eigenvalue weighted by molar-refractivity contribution is -0.138. The molecule has 0 atom stereocenters. The van der Waals surface area contributed by atoms with Crippen molar-refractivity contribution in [1.82, 2.24) is 9.80 Å². The quantitative estimate of drug-likeness (QED) is 0.875. The SMILES string of the molecule is CN(CC1CCN(CC(=O)Nc2ccccc2F)CC1)C(=O)C(C)(C)C. The van der Waals surface area contributed by atoms with Crippen LogP contribution in [0.1, 0.15) is 33.6 Å². The summed E-state index contributed by atoms with van der Waals surface area (Å²) < 4.78 is 13.6. The summed E-state index contributed by atoms with van der Waals surface area (Å²) in [5.41, 5.74) is -0.144. The molecule has 2 rings (SSSR count). The van der Waals surface area contributed by atoms with Gasteiger partial charge in [-0.2, -0.15) is 0 Å². The summed E-state index contributed by atoms with van der Waals surface area (Å²) in [6.45, 7) is 8.44. The van der Waals surface area contributed by atoms with Gasteiger partial charge in [-0.25, -0.2) is 4.39 Å². The van der Waals surface area contributed by atoms with Crippen LogP contribution < -0.4 is 5.32 Å². The lowest BCUT2D eigenvalue weighted by Crippen LogP contribution is -2.44. The average Bonchev–Trinajstić information content (AvgIpc) is 2.57. The Morgan fingerprint density at radius 3 is 2.42 bits per heavy atom. The molecule has 1 aliphatic heterocycles. The van der Waals surface area contributed by atoms with Crippen molar-refractivity contribution in [2.24, 2.45) is 11.3 Å². The fourth-order valence-electron chi connectivity index (χ4n) is 3.33. The van der Waals surface area contributed by atoms with Gasteiger partial charge >= 0.3 is 0 Å². The minimum Gasteiger partial charge on any atom is -0.345 e. The van der Waals surface area contributed by atoms with Gasteiger partial charge in [0.15, 0.2) is 0 Å². The van der Waals surface area contributed by atoms with Crippen LogP contribution in [0.2, 0.25) is 0 Å². The maximum atomic E-state index is 13.6. The minimum atomic E-state index is -0.425. The third-order valence-electron chi connectivity index (χ3n) is 4.74. The number of para-hydroxylation sites is 1. The number of halogens is 1. The van der Waals surface area contributed by atoms with Crippen molar-refractivity contribution in [2.45, 2.75) is 33.6 Å². The van der Waals surface area contributed by atoms with E-state index in [0.717, 1.165) is 32.5 Å². The van der Waals surface area contributed by atoms with Crippen LogP contribution in [0.25, 0.3) is 0 Å². The molecule has 0 aromatic heterocycles. The van der Waals surface area contributed by atoms with Crippen LogP contribution in [-0.2, 0) is 9.59 Å². The highest BCUT2D eigenvalue weighted by Gasteiger charge is 2.28. The first-order valence-corrected chi connectivity index (χ1v) is 9.19. The third-order valence-corrected chi connectivity index (χ3v) is 4.74. The molecule has 5 nitrogen and oxygen atoms in total. The van der Waals surface area contributed by atoms with Gasteiger partial charge in [0.1, 0.15) is 5.82 Å². The van der Waals surface area contributed by atoms with E-state index in [9.17, 15) is 14.0 Å². The van der Waals surface area contributed by atoms with Crippen molar-refractivity contribution in [3.05, 3.63) is 30.1 Å². The molecule has 0 radical (unpaired) electrons. The number of amides is 2. The summed E-state index contributed by atoms with van der Waals surface area (Å²) in [5.74, 6) is -0.0129. The molecule has 1 fully saturated rings. The molecular weight excluding hydrogens is 333 g/mol. The van der Waals surface area contributed by atoms with E-state index in [0.29, 0.717) is 5.92 Å². The van der Waals surface area contributed by atoms with Crippen LogP contribution in [-0.4, -0.2) is 54.8 Å². The van der Waals surface area contributed by atoms with Crippen LogP contribution in [0.5, 0.6) is 0 Å². The smallest absolute Gasteiger partial charge is 0.238 e. The van der Waals surface area contributed by atoms with E-state index in [2.05, 4.69) is 10.2 Å². The fraction of sp³-hybridized carbons (Fsp3) is 0.600. The van der Waals surface area contributed by atoms with E-state index < -0.39 is 5.82 Å². The van der Waals surface area contributed by atoms with Crippen LogP contribution in [0, 0.1) is 17.2 Å². The standard InChI is InChI=1S/C20H30FN3O2/c1-20(2,3)19(26)23(4)13-15-9-11-24(12-10-15)14-18(25)22-17-8-6-5-7-16(17)21/h5-8,15H,9-14H2,1-4H3,(H,22,25). The van der Waals surface area contributed by atoms with Crippen molar-refractivity contribution >= 4 is 17.5 Å². The number of nitrogens with one attached hydrogen (secondary N) is 1. The Morgan fingerprint density at radius 1 is 1.23 bits per heavy atom. The van der Waals surface area contributed by atoms with Gasteiger partial charge in [-0.05, 0) is 44.0 Å². The van der Waals surface area contributed by atoms with E-state index in [1.54, 1.807) is 18.2 Å². The average molecular weight is 363 g/mol. The first-order valence-electron chi connectivity index (χ1n) is 9.19. The van der Waals surface area contributed by atoms with Gasteiger partial charge in [0.25, 0.3) is 0 Å². The molecule has 1 N–H and O–H groups in total. The van der Waals surface area contributed by atoms with Gasteiger partial charge in [0, 0.05) is 19.0 Å². The number of benzene rings is 1. The maximum absolute atomic E-state index is 13.6. The lowest BCUT2D eigenvalue weighted by atomic mass is 9.92. The lowest BCUT2D eigenvalue weighted by Gasteiger charge is -2.35. The molecule has 0 unspecified atom stereocenters. The van der Waals surface area contributed by atoms with E-state index in [1.165, 1.54) is 6.07 Å². The summed E-state index contributed by atoms with van der Waals surface area (Å²) in [4.78, 5) is 28.3. The Bertz CT molecular complexity index is 634. The van der Waals surface area contributed by atoms with Gasteiger partial charge in [-0.1, -0.05) is 32.9 Å². The number of rotatable bonds is 5. The van der Waals surface area contributed by atoms with Crippen molar-refractivity contribution in [3.8, 4) is 0 Å². The molecule has 0 spiro atoms. The molecule has 6 heteroatoms. The Morgan fingerprint density at radius 2 is 1.85 bits per heavy atom. The number of carbonyl (C=O) groups is 2. The zero-order chi connectivity index (χ0) is 19.3. The second kappa shape index (κ2) is 8.62. The molecular formula is C20H30FN3O2. The number of piperidine rings is 1. The van der Waals surface area contributed by atoms with Crippen molar-refractivity contribution in [1.29, 1.82) is 0 Å². The third kappa shape index (κ3) is 5.80.